The molecular formula is C27H46O10. The van der Waals surface area contributed by atoms with Crippen LogP contribution in [0.5, 0.6) is 0 Å². The van der Waals surface area contributed by atoms with Crippen molar-refractivity contribution in [3.8, 4) is 0 Å². The molecule has 0 aromatic heterocycles. The Morgan fingerprint density at radius 2 is 1.32 bits per heavy atom. The summed E-state index contributed by atoms with van der Waals surface area (Å²) in [5, 5.41) is 37.1. The summed E-state index contributed by atoms with van der Waals surface area (Å²) in [5.74, 6) is -5.79. The number of carboxylic acid groups (broad SMARTS) is 1. The van der Waals surface area contributed by atoms with Crippen LogP contribution in [0.3, 0.4) is 0 Å². The molecule has 2 unspecified atom stereocenters. The van der Waals surface area contributed by atoms with Crippen LogP contribution in [0.4, 0.5) is 0 Å². The van der Waals surface area contributed by atoms with E-state index in [0.717, 1.165) is 44.9 Å². The number of aliphatic carboxylic acids is 1. The van der Waals surface area contributed by atoms with Crippen molar-refractivity contribution in [1.82, 2.24) is 0 Å². The summed E-state index contributed by atoms with van der Waals surface area (Å²) in [6.45, 7) is 1.17. The van der Waals surface area contributed by atoms with Gasteiger partial charge in [-0.05, 0) is 32.1 Å². The molecule has 10 heteroatoms. The number of rotatable bonds is 23. The highest BCUT2D eigenvalue weighted by molar-refractivity contribution is 5.93. The molecule has 0 aliphatic heterocycles. The van der Waals surface area contributed by atoms with Gasteiger partial charge in [0.2, 0.25) is 0 Å². The maximum atomic E-state index is 12.2. The summed E-state index contributed by atoms with van der Waals surface area (Å²) in [6, 6.07) is 0. The van der Waals surface area contributed by atoms with Gasteiger partial charge in [0.1, 0.15) is 0 Å². The predicted molar refractivity (Wildman–Crippen MR) is 136 cm³/mol. The molecule has 10 nitrogen and oxygen atoms in total. The van der Waals surface area contributed by atoms with Gasteiger partial charge in [-0.25, -0.2) is 9.59 Å². The van der Waals surface area contributed by atoms with E-state index in [9.17, 15) is 24.3 Å². The minimum atomic E-state index is -2.73. The molecule has 4 N–H and O–H groups in total. The number of ether oxygens (including phenoxy) is 2. The van der Waals surface area contributed by atoms with Crippen LogP contribution in [-0.4, -0.2) is 69.2 Å². The molecular weight excluding hydrogens is 484 g/mol. The quantitative estimate of drug-likeness (QED) is 0.0663. The molecule has 0 fully saturated rings. The van der Waals surface area contributed by atoms with Gasteiger partial charge in [0.15, 0.2) is 11.7 Å². The van der Waals surface area contributed by atoms with Gasteiger partial charge in [0.05, 0.1) is 26.1 Å². The molecule has 0 aromatic rings. The van der Waals surface area contributed by atoms with E-state index in [4.69, 9.17) is 20.1 Å². The van der Waals surface area contributed by atoms with E-state index in [1.807, 2.05) is 0 Å². The molecule has 0 radical (unpaired) electrons. The molecule has 0 saturated heterocycles. The van der Waals surface area contributed by atoms with E-state index in [0.29, 0.717) is 6.42 Å². The molecule has 2 atom stereocenters. The third-order valence-electron chi connectivity index (χ3n) is 5.81. The first-order valence-corrected chi connectivity index (χ1v) is 13.5. The fraction of sp³-hybridized carbons (Fsp3) is 0.778. The third-order valence-corrected chi connectivity index (χ3v) is 5.81. The van der Waals surface area contributed by atoms with Crippen molar-refractivity contribution in [2.75, 3.05) is 13.2 Å². The van der Waals surface area contributed by atoms with Gasteiger partial charge in [-0.15, -0.1) is 0 Å². The van der Waals surface area contributed by atoms with Crippen LogP contribution >= 0.6 is 0 Å². The Kier molecular flexibility index (Phi) is 20.4. The summed E-state index contributed by atoms with van der Waals surface area (Å²) >= 11 is 0. The van der Waals surface area contributed by atoms with Gasteiger partial charge in [0, 0.05) is 0 Å². The van der Waals surface area contributed by atoms with Crippen molar-refractivity contribution in [3.63, 3.8) is 0 Å². The average Bonchev–Trinajstić information content (AvgIpc) is 2.84. The highest BCUT2D eigenvalue weighted by Gasteiger charge is 2.43. The monoisotopic (exact) mass is 530 g/mol. The second-order valence-electron chi connectivity index (χ2n) is 9.34. The number of esters is 3. The molecule has 214 valence electrons. The first-order chi connectivity index (χ1) is 17.7. The zero-order chi connectivity index (χ0) is 27.9. The minimum Gasteiger partial charge on any atom is -0.481 e. The highest BCUT2D eigenvalue weighted by atomic mass is 16.6. The second kappa shape index (κ2) is 21.8. The van der Waals surface area contributed by atoms with E-state index in [-0.39, 0.29) is 6.61 Å². The van der Waals surface area contributed by atoms with Crippen LogP contribution in [0.15, 0.2) is 12.2 Å². The van der Waals surface area contributed by atoms with Crippen LogP contribution in [-0.2, 0) is 28.7 Å². The third kappa shape index (κ3) is 18.6. The Morgan fingerprint density at radius 3 is 1.84 bits per heavy atom. The van der Waals surface area contributed by atoms with E-state index >= 15 is 0 Å². The largest absolute Gasteiger partial charge is 0.481 e. The molecule has 0 amide bonds. The number of aliphatic hydroxyl groups is 3. The van der Waals surface area contributed by atoms with Crippen LogP contribution in [0, 0.1) is 0 Å². The normalized spacial score (nSPS) is 13.7. The summed E-state index contributed by atoms with van der Waals surface area (Å²) in [4.78, 5) is 46.4. The Balaban J connectivity index is 4.05. The lowest BCUT2D eigenvalue weighted by molar-refractivity contribution is -0.180. The molecule has 0 heterocycles. The van der Waals surface area contributed by atoms with Crippen molar-refractivity contribution >= 4 is 23.9 Å². The number of carbonyl (C=O) groups is 4. The zero-order valence-electron chi connectivity index (χ0n) is 22.2. The molecule has 0 aliphatic rings. The Hall–Kier alpha value is -2.30. The number of allylic oxidation sites excluding steroid dienone is 2. The summed E-state index contributed by atoms with van der Waals surface area (Å²) in [7, 11) is 0. The van der Waals surface area contributed by atoms with Crippen molar-refractivity contribution in [2.45, 2.75) is 121 Å². The van der Waals surface area contributed by atoms with Crippen molar-refractivity contribution < 1.29 is 49.1 Å². The molecule has 0 rings (SSSR count). The Bertz CT molecular complexity index is 691. The first kappa shape index (κ1) is 34.7. The molecule has 0 saturated carbocycles. The van der Waals surface area contributed by atoms with E-state index in [1.165, 1.54) is 38.5 Å². The van der Waals surface area contributed by atoms with Crippen molar-refractivity contribution in [2.24, 2.45) is 0 Å². The van der Waals surface area contributed by atoms with Gasteiger partial charge in [-0.1, -0.05) is 76.9 Å². The standard InChI is InChI=1S/C27H46O10/c1-2-3-4-5-6-7-8-9-10-11-12-13-14-15-16-17-18-36-26(34)27(35,19-23(30)31)20-24(32)37-25(33)22(29)21-28/h9-10,22,28-29,35H,2-8,11-21H2,1H3,(H,30,31)/b10-9-. The number of carbonyl (C=O) groups excluding carboxylic acids is 3. The first-order valence-electron chi connectivity index (χ1n) is 13.5. The predicted octanol–water partition coefficient (Wildman–Crippen LogP) is 3.59. The fourth-order valence-electron chi connectivity index (χ4n) is 3.64. The molecule has 0 spiro atoms. The molecule has 0 aromatic carbocycles. The number of carboxylic acids is 1. The maximum absolute atomic E-state index is 12.2. The van der Waals surface area contributed by atoms with Crippen LogP contribution < -0.4 is 0 Å². The number of hydrogen-bond donors (Lipinski definition) is 4. The molecule has 0 bridgehead atoms. The lowest BCUT2D eigenvalue weighted by Gasteiger charge is -2.23. The SMILES string of the molecule is CCCCCCCC/C=C\CCCCCCCCOC(=O)C(O)(CC(=O)O)CC(=O)OC(=O)C(O)CO. The topological polar surface area (TPSA) is 168 Å². The Morgan fingerprint density at radius 1 is 0.811 bits per heavy atom. The number of aliphatic hydroxyl groups excluding tert-OH is 2. The lowest BCUT2D eigenvalue weighted by Crippen LogP contribution is -2.45. The summed E-state index contributed by atoms with van der Waals surface area (Å²) in [5.41, 5.74) is -2.73. The van der Waals surface area contributed by atoms with Crippen molar-refractivity contribution in [3.05, 3.63) is 12.2 Å². The maximum Gasteiger partial charge on any atom is 0.345 e. The van der Waals surface area contributed by atoms with Gasteiger partial charge in [-0.2, -0.15) is 0 Å². The average molecular weight is 531 g/mol. The van der Waals surface area contributed by atoms with Gasteiger partial charge < -0.3 is 29.9 Å². The summed E-state index contributed by atoms with van der Waals surface area (Å²) < 4.78 is 9.17. The van der Waals surface area contributed by atoms with Crippen LogP contribution in [0.1, 0.15) is 110 Å². The van der Waals surface area contributed by atoms with E-state index in [1.54, 1.807) is 0 Å². The van der Waals surface area contributed by atoms with Gasteiger partial charge >= 0.3 is 23.9 Å². The number of hydrogen-bond acceptors (Lipinski definition) is 9. The minimum absolute atomic E-state index is 0.0564. The lowest BCUT2D eigenvalue weighted by atomic mass is 9.95. The molecule has 37 heavy (non-hydrogen) atoms. The fourth-order valence-corrected chi connectivity index (χ4v) is 3.64. The van der Waals surface area contributed by atoms with Gasteiger partial charge in [0.25, 0.3) is 0 Å². The van der Waals surface area contributed by atoms with Crippen LogP contribution in [0.25, 0.3) is 0 Å². The second-order valence-corrected chi connectivity index (χ2v) is 9.34. The smallest absolute Gasteiger partial charge is 0.345 e. The highest BCUT2D eigenvalue weighted by Crippen LogP contribution is 2.20. The van der Waals surface area contributed by atoms with E-state index < -0.39 is 55.0 Å². The summed E-state index contributed by atoms with van der Waals surface area (Å²) in [6.07, 6.45) is 15.8. The number of unbranched alkanes of at least 4 members (excludes halogenated alkanes) is 12. The zero-order valence-corrected chi connectivity index (χ0v) is 22.2. The molecule has 0 aliphatic carbocycles. The van der Waals surface area contributed by atoms with Crippen molar-refractivity contribution in [1.29, 1.82) is 0 Å². The van der Waals surface area contributed by atoms with Gasteiger partial charge in [-0.3, -0.25) is 9.59 Å². The Labute approximate surface area is 220 Å². The van der Waals surface area contributed by atoms with Crippen LogP contribution in [0.2, 0.25) is 0 Å². The van der Waals surface area contributed by atoms with E-state index in [2.05, 4.69) is 23.8 Å².